The standard InChI is InChI=1S/C13H22BrN3O2S/c1-13(2,17(3)4)9-16-20(18,19)12-6-5-10(8-15)7-11(12)14/h5-7,16H,8-9,15H2,1-4H3. The molecule has 3 N–H and O–H groups in total. The van der Waals surface area contributed by atoms with E-state index in [-0.39, 0.29) is 10.4 Å². The van der Waals surface area contributed by atoms with Crippen molar-refractivity contribution in [3.8, 4) is 0 Å². The van der Waals surface area contributed by atoms with Crippen molar-refractivity contribution in [3.05, 3.63) is 28.2 Å². The lowest BCUT2D eigenvalue weighted by atomic mass is 10.1. The van der Waals surface area contributed by atoms with Crippen LogP contribution in [0, 0.1) is 0 Å². The Labute approximate surface area is 129 Å². The second-order valence-corrected chi connectivity index (χ2v) is 8.09. The highest BCUT2D eigenvalue weighted by Crippen LogP contribution is 2.23. The number of sulfonamides is 1. The second-order valence-electron chi connectivity index (χ2n) is 5.50. The van der Waals surface area contributed by atoms with Crippen LogP contribution in [0.15, 0.2) is 27.6 Å². The van der Waals surface area contributed by atoms with Crippen LogP contribution in [0.5, 0.6) is 0 Å². The summed E-state index contributed by atoms with van der Waals surface area (Å²) in [6.07, 6.45) is 0. The van der Waals surface area contributed by atoms with Gasteiger partial charge >= 0.3 is 0 Å². The molecule has 0 unspecified atom stereocenters. The van der Waals surface area contributed by atoms with E-state index in [0.717, 1.165) is 5.56 Å². The number of benzene rings is 1. The molecule has 0 aliphatic carbocycles. The number of likely N-dealkylation sites (N-methyl/N-ethyl adjacent to an activating group) is 1. The second kappa shape index (κ2) is 6.53. The van der Waals surface area contributed by atoms with Crippen LogP contribution in [0.1, 0.15) is 19.4 Å². The third kappa shape index (κ3) is 4.26. The van der Waals surface area contributed by atoms with Crippen LogP contribution in [0.2, 0.25) is 0 Å². The lowest BCUT2D eigenvalue weighted by molar-refractivity contribution is 0.199. The number of hydrogen-bond donors (Lipinski definition) is 2. The number of halogens is 1. The molecule has 0 amide bonds. The average Bonchev–Trinajstić information content (AvgIpc) is 2.36. The predicted molar refractivity (Wildman–Crippen MR) is 85.0 cm³/mol. The molecule has 7 heteroatoms. The van der Waals surface area contributed by atoms with Crippen molar-refractivity contribution in [1.29, 1.82) is 0 Å². The number of nitrogens with two attached hydrogens (primary N) is 1. The molecule has 0 radical (unpaired) electrons. The summed E-state index contributed by atoms with van der Waals surface area (Å²) in [5.74, 6) is 0. The van der Waals surface area contributed by atoms with E-state index < -0.39 is 10.0 Å². The minimum Gasteiger partial charge on any atom is -0.326 e. The van der Waals surface area contributed by atoms with Crippen molar-refractivity contribution in [2.24, 2.45) is 5.73 Å². The Hall–Kier alpha value is -0.470. The first-order valence-electron chi connectivity index (χ1n) is 6.26. The van der Waals surface area contributed by atoms with Crippen LogP contribution in [-0.4, -0.2) is 39.5 Å². The zero-order valence-electron chi connectivity index (χ0n) is 12.3. The third-order valence-corrected chi connectivity index (χ3v) is 5.80. The Morgan fingerprint density at radius 1 is 1.35 bits per heavy atom. The Morgan fingerprint density at radius 2 is 1.95 bits per heavy atom. The zero-order chi connectivity index (χ0) is 15.6. The van der Waals surface area contributed by atoms with E-state index in [1.807, 2.05) is 32.8 Å². The van der Waals surface area contributed by atoms with Crippen molar-refractivity contribution in [3.63, 3.8) is 0 Å². The molecule has 0 saturated carbocycles. The summed E-state index contributed by atoms with van der Waals surface area (Å²) in [7, 11) is 0.287. The van der Waals surface area contributed by atoms with Gasteiger partial charge in [-0.3, -0.25) is 0 Å². The van der Waals surface area contributed by atoms with Gasteiger partial charge in [0.2, 0.25) is 10.0 Å². The molecule has 20 heavy (non-hydrogen) atoms. The Morgan fingerprint density at radius 3 is 2.40 bits per heavy atom. The topological polar surface area (TPSA) is 75.4 Å². The van der Waals surface area contributed by atoms with E-state index >= 15 is 0 Å². The largest absolute Gasteiger partial charge is 0.326 e. The number of nitrogens with one attached hydrogen (secondary N) is 1. The fourth-order valence-corrected chi connectivity index (χ4v) is 3.72. The van der Waals surface area contributed by atoms with Crippen LogP contribution in [0.25, 0.3) is 0 Å². The molecule has 0 spiro atoms. The maximum absolute atomic E-state index is 12.3. The summed E-state index contributed by atoms with van der Waals surface area (Å²) in [4.78, 5) is 2.20. The molecule has 0 heterocycles. The van der Waals surface area contributed by atoms with Crippen molar-refractivity contribution in [1.82, 2.24) is 9.62 Å². The van der Waals surface area contributed by atoms with Gasteiger partial charge in [0.15, 0.2) is 0 Å². The highest BCUT2D eigenvalue weighted by Gasteiger charge is 2.25. The van der Waals surface area contributed by atoms with Crippen LogP contribution in [-0.2, 0) is 16.6 Å². The fourth-order valence-electron chi connectivity index (χ4n) is 1.40. The zero-order valence-corrected chi connectivity index (χ0v) is 14.7. The van der Waals surface area contributed by atoms with Crippen LogP contribution >= 0.6 is 15.9 Å². The monoisotopic (exact) mass is 363 g/mol. The van der Waals surface area contributed by atoms with Gasteiger partial charge in [0.25, 0.3) is 0 Å². The maximum atomic E-state index is 12.3. The summed E-state index contributed by atoms with van der Waals surface area (Å²) >= 11 is 3.29. The lowest BCUT2D eigenvalue weighted by Gasteiger charge is -2.32. The van der Waals surface area contributed by atoms with E-state index in [1.54, 1.807) is 18.2 Å². The minimum absolute atomic E-state index is 0.226. The van der Waals surface area contributed by atoms with Gasteiger partial charge in [-0.25, -0.2) is 13.1 Å². The fraction of sp³-hybridized carbons (Fsp3) is 0.538. The smallest absolute Gasteiger partial charge is 0.241 e. The molecule has 1 rings (SSSR count). The lowest BCUT2D eigenvalue weighted by Crippen LogP contribution is -2.48. The normalized spacial score (nSPS) is 12.9. The van der Waals surface area contributed by atoms with Crippen molar-refractivity contribution >= 4 is 26.0 Å². The highest BCUT2D eigenvalue weighted by atomic mass is 79.9. The maximum Gasteiger partial charge on any atom is 0.241 e. The number of rotatable bonds is 6. The average molecular weight is 364 g/mol. The van der Waals surface area contributed by atoms with Gasteiger partial charge in [-0.2, -0.15) is 0 Å². The Balaban J connectivity index is 2.95. The Bertz CT molecular complexity index is 571. The molecule has 1 aromatic carbocycles. The molecular formula is C13H22BrN3O2S. The van der Waals surface area contributed by atoms with Gasteiger partial charge in [0.1, 0.15) is 0 Å². The van der Waals surface area contributed by atoms with Crippen LogP contribution in [0.3, 0.4) is 0 Å². The molecule has 1 aromatic rings. The first kappa shape index (κ1) is 17.6. The van der Waals surface area contributed by atoms with Gasteiger partial charge in [-0.1, -0.05) is 6.07 Å². The van der Waals surface area contributed by atoms with Gasteiger partial charge < -0.3 is 10.6 Å². The van der Waals surface area contributed by atoms with E-state index in [2.05, 4.69) is 20.7 Å². The van der Waals surface area contributed by atoms with Gasteiger partial charge in [-0.05, 0) is 61.6 Å². The van der Waals surface area contributed by atoms with Gasteiger partial charge in [0, 0.05) is 23.1 Å². The van der Waals surface area contributed by atoms with Crippen molar-refractivity contribution in [2.75, 3.05) is 20.6 Å². The molecule has 0 aromatic heterocycles. The summed E-state index contributed by atoms with van der Waals surface area (Å²) in [5, 5.41) is 0. The molecule has 0 aliphatic rings. The summed E-state index contributed by atoms with van der Waals surface area (Å²) in [6, 6.07) is 5.01. The van der Waals surface area contributed by atoms with Crippen LogP contribution in [0.4, 0.5) is 0 Å². The first-order chi connectivity index (χ1) is 9.10. The summed E-state index contributed by atoms with van der Waals surface area (Å²) in [6.45, 7) is 4.65. The summed E-state index contributed by atoms with van der Waals surface area (Å²) in [5.41, 5.74) is 6.15. The number of nitrogens with zero attached hydrogens (tertiary/aromatic N) is 1. The van der Waals surface area contributed by atoms with Crippen LogP contribution < -0.4 is 10.5 Å². The van der Waals surface area contributed by atoms with E-state index in [0.29, 0.717) is 17.6 Å². The SMILES string of the molecule is CN(C)C(C)(C)CNS(=O)(=O)c1ccc(CN)cc1Br. The van der Waals surface area contributed by atoms with E-state index in [4.69, 9.17) is 5.73 Å². The molecule has 0 atom stereocenters. The van der Waals surface area contributed by atoms with E-state index in [1.165, 1.54) is 0 Å². The molecular weight excluding hydrogens is 342 g/mol. The minimum atomic E-state index is -3.55. The highest BCUT2D eigenvalue weighted by molar-refractivity contribution is 9.10. The predicted octanol–water partition coefficient (Wildman–Crippen LogP) is 1.53. The van der Waals surface area contributed by atoms with Crippen molar-refractivity contribution in [2.45, 2.75) is 30.8 Å². The Kier molecular flexibility index (Phi) is 5.74. The molecule has 0 fully saturated rings. The number of hydrogen-bond acceptors (Lipinski definition) is 4. The third-order valence-electron chi connectivity index (χ3n) is 3.43. The molecule has 0 aliphatic heterocycles. The molecule has 5 nitrogen and oxygen atoms in total. The quantitative estimate of drug-likeness (QED) is 0.803. The first-order valence-corrected chi connectivity index (χ1v) is 8.53. The molecule has 114 valence electrons. The van der Waals surface area contributed by atoms with Crippen molar-refractivity contribution < 1.29 is 8.42 Å². The van der Waals surface area contributed by atoms with E-state index in [9.17, 15) is 8.42 Å². The van der Waals surface area contributed by atoms with Gasteiger partial charge in [-0.15, -0.1) is 0 Å². The van der Waals surface area contributed by atoms with Gasteiger partial charge in [0.05, 0.1) is 4.90 Å². The molecule has 0 saturated heterocycles. The molecule has 0 bridgehead atoms. The summed E-state index contributed by atoms with van der Waals surface area (Å²) < 4.78 is 27.8.